The fourth-order valence-electron chi connectivity index (χ4n) is 2.05. The lowest BCUT2D eigenvalue weighted by Crippen LogP contribution is -2.23. The number of ether oxygens (including phenoxy) is 1. The van der Waals surface area contributed by atoms with Gasteiger partial charge in [-0.05, 0) is 45.4 Å². The molecule has 0 aliphatic rings. The minimum Gasteiger partial charge on any atom is -0.456 e. The third kappa shape index (κ3) is 3.71. The molecular weight excluding hydrogens is 328 g/mol. The van der Waals surface area contributed by atoms with Crippen molar-refractivity contribution in [3.63, 3.8) is 0 Å². The molecule has 0 unspecified atom stereocenters. The maximum absolute atomic E-state index is 12.1. The first-order valence-electron chi connectivity index (χ1n) is 7.28. The normalized spacial score (nSPS) is 11.7. The summed E-state index contributed by atoms with van der Waals surface area (Å²) < 4.78 is 6.39. The number of aromatic nitrogens is 1. The Hall–Kier alpha value is -1.92. The Balaban J connectivity index is 1.81. The van der Waals surface area contributed by atoms with Crippen LogP contribution in [0.1, 0.15) is 36.0 Å². The molecule has 0 saturated heterocycles. The van der Waals surface area contributed by atoms with Gasteiger partial charge in [0.25, 0.3) is 0 Å². The van der Waals surface area contributed by atoms with Crippen LogP contribution in [0.2, 0.25) is 0 Å². The first-order chi connectivity index (χ1) is 10.8. The third-order valence-corrected chi connectivity index (χ3v) is 5.13. The Morgan fingerprint density at radius 3 is 2.61 bits per heavy atom. The first kappa shape index (κ1) is 16.0. The number of nitrogens with zero attached hydrogens (tertiary/aromatic N) is 1. The van der Waals surface area contributed by atoms with Gasteiger partial charge in [0.05, 0.1) is 4.70 Å². The summed E-state index contributed by atoms with van der Waals surface area (Å²) in [6, 6.07) is 9.94. The van der Waals surface area contributed by atoms with Gasteiger partial charge in [0, 0.05) is 5.69 Å². The molecule has 4 nitrogen and oxygen atoms in total. The fraction of sp³-hybridized carbons (Fsp3) is 0.294. The fourth-order valence-corrected chi connectivity index (χ4v) is 4.05. The van der Waals surface area contributed by atoms with E-state index >= 15 is 0 Å². The lowest BCUT2D eigenvalue weighted by atomic mass is 10.2. The summed E-state index contributed by atoms with van der Waals surface area (Å²) in [5, 5.41) is 4.16. The lowest BCUT2D eigenvalue weighted by Gasteiger charge is -2.18. The molecule has 1 aromatic carbocycles. The summed E-state index contributed by atoms with van der Waals surface area (Å²) >= 11 is 2.90. The number of fused-ring (bicyclic) bond motifs is 1. The molecule has 0 saturated carbocycles. The number of rotatable bonds is 3. The highest BCUT2D eigenvalue weighted by molar-refractivity contribution is 7.29. The number of thiazole rings is 1. The van der Waals surface area contributed by atoms with E-state index in [9.17, 15) is 4.79 Å². The monoisotopic (exact) mass is 346 g/mol. The van der Waals surface area contributed by atoms with Crippen molar-refractivity contribution in [1.82, 2.24) is 4.98 Å². The van der Waals surface area contributed by atoms with E-state index in [-0.39, 0.29) is 5.97 Å². The zero-order valence-electron chi connectivity index (χ0n) is 13.5. The van der Waals surface area contributed by atoms with Crippen molar-refractivity contribution in [1.29, 1.82) is 0 Å². The molecule has 0 aliphatic carbocycles. The number of carbonyl (C=O) groups is 1. The molecule has 0 aliphatic heterocycles. The summed E-state index contributed by atoms with van der Waals surface area (Å²) in [6.07, 6.45) is 0. The van der Waals surface area contributed by atoms with Crippen LogP contribution < -0.4 is 5.32 Å². The second kappa shape index (κ2) is 5.94. The van der Waals surface area contributed by atoms with Crippen LogP contribution in [0.15, 0.2) is 30.3 Å². The molecule has 1 N–H and O–H groups in total. The zero-order valence-corrected chi connectivity index (χ0v) is 15.1. The SMILES string of the molecule is Cc1ccccc1Nc1nc2sc(C(=O)OC(C)(C)C)cc2s1. The van der Waals surface area contributed by atoms with Crippen LogP contribution >= 0.6 is 22.7 Å². The van der Waals surface area contributed by atoms with E-state index in [0.29, 0.717) is 4.88 Å². The third-order valence-electron chi connectivity index (χ3n) is 3.08. The van der Waals surface area contributed by atoms with E-state index in [1.165, 1.54) is 28.2 Å². The number of esters is 1. The molecule has 23 heavy (non-hydrogen) atoms. The summed E-state index contributed by atoms with van der Waals surface area (Å²) in [7, 11) is 0. The van der Waals surface area contributed by atoms with Crippen molar-refractivity contribution < 1.29 is 9.53 Å². The van der Waals surface area contributed by atoms with E-state index in [1.54, 1.807) is 0 Å². The van der Waals surface area contributed by atoms with Gasteiger partial charge in [0.2, 0.25) is 0 Å². The molecule has 0 spiro atoms. The van der Waals surface area contributed by atoms with Crippen molar-refractivity contribution in [2.24, 2.45) is 0 Å². The predicted molar refractivity (Wildman–Crippen MR) is 97.1 cm³/mol. The largest absolute Gasteiger partial charge is 0.456 e. The smallest absolute Gasteiger partial charge is 0.348 e. The maximum atomic E-state index is 12.1. The number of thiophene rings is 1. The van der Waals surface area contributed by atoms with Crippen LogP contribution in [0, 0.1) is 6.92 Å². The zero-order chi connectivity index (χ0) is 16.6. The number of anilines is 2. The Labute approximate surface area is 143 Å². The van der Waals surface area contributed by atoms with Crippen molar-refractivity contribution in [3.05, 3.63) is 40.8 Å². The van der Waals surface area contributed by atoms with Gasteiger partial charge in [-0.15, -0.1) is 11.3 Å². The topological polar surface area (TPSA) is 51.2 Å². The lowest BCUT2D eigenvalue weighted by molar-refractivity contribution is 0.00753. The van der Waals surface area contributed by atoms with E-state index in [1.807, 2.05) is 45.0 Å². The van der Waals surface area contributed by atoms with E-state index in [2.05, 4.69) is 23.3 Å². The van der Waals surface area contributed by atoms with Crippen molar-refractivity contribution in [3.8, 4) is 0 Å². The quantitative estimate of drug-likeness (QED) is 0.648. The Bertz CT molecular complexity index is 827. The number of benzene rings is 1. The summed E-state index contributed by atoms with van der Waals surface area (Å²) in [5.41, 5.74) is 1.72. The molecule has 0 amide bonds. The first-order valence-corrected chi connectivity index (χ1v) is 8.91. The minimum absolute atomic E-state index is 0.291. The second-order valence-corrected chi connectivity index (χ2v) is 8.30. The summed E-state index contributed by atoms with van der Waals surface area (Å²) in [4.78, 5) is 18.1. The van der Waals surface area contributed by atoms with Gasteiger partial charge in [0.1, 0.15) is 15.3 Å². The number of nitrogens with one attached hydrogen (secondary N) is 1. The van der Waals surface area contributed by atoms with Gasteiger partial charge >= 0.3 is 5.97 Å². The number of aryl methyl sites for hydroxylation is 1. The second-order valence-electron chi connectivity index (χ2n) is 6.24. The van der Waals surface area contributed by atoms with Crippen LogP contribution in [-0.2, 0) is 4.74 Å². The molecule has 2 aromatic heterocycles. The van der Waals surface area contributed by atoms with Gasteiger partial charge in [-0.1, -0.05) is 29.5 Å². The van der Waals surface area contributed by atoms with E-state index < -0.39 is 5.60 Å². The molecule has 0 fully saturated rings. The average Bonchev–Trinajstić information content (AvgIpc) is 2.97. The molecule has 0 bridgehead atoms. The summed E-state index contributed by atoms with van der Waals surface area (Å²) in [5.74, 6) is -0.291. The molecule has 6 heteroatoms. The maximum Gasteiger partial charge on any atom is 0.348 e. The highest BCUT2D eigenvalue weighted by Gasteiger charge is 2.21. The molecule has 3 rings (SSSR count). The average molecular weight is 346 g/mol. The van der Waals surface area contributed by atoms with Gasteiger partial charge in [-0.2, -0.15) is 0 Å². The molecular formula is C17H18N2O2S2. The van der Waals surface area contributed by atoms with Crippen LogP contribution in [0.25, 0.3) is 9.53 Å². The molecule has 120 valence electrons. The van der Waals surface area contributed by atoms with Crippen LogP contribution in [0.5, 0.6) is 0 Å². The Morgan fingerprint density at radius 1 is 1.22 bits per heavy atom. The van der Waals surface area contributed by atoms with Crippen molar-refractivity contribution in [2.75, 3.05) is 5.32 Å². The van der Waals surface area contributed by atoms with Gasteiger partial charge in [0.15, 0.2) is 5.13 Å². The standard InChI is InChI=1S/C17H18N2O2S2/c1-10-7-5-6-8-11(10)18-16-19-14-12(23-16)9-13(22-14)15(20)21-17(2,3)4/h5-9H,1-4H3,(H,18,19). The van der Waals surface area contributed by atoms with Crippen molar-refractivity contribution >= 4 is 49.0 Å². The van der Waals surface area contributed by atoms with Crippen LogP contribution in [-0.4, -0.2) is 16.6 Å². The highest BCUT2D eigenvalue weighted by atomic mass is 32.1. The number of hydrogen-bond donors (Lipinski definition) is 1. The number of hydrogen-bond acceptors (Lipinski definition) is 6. The molecule has 0 radical (unpaired) electrons. The molecule has 2 heterocycles. The Morgan fingerprint density at radius 2 is 1.96 bits per heavy atom. The highest BCUT2D eigenvalue weighted by Crippen LogP contribution is 2.35. The van der Waals surface area contributed by atoms with Crippen molar-refractivity contribution in [2.45, 2.75) is 33.3 Å². The predicted octanol–water partition coefficient (Wildman–Crippen LogP) is 5.37. The van der Waals surface area contributed by atoms with Gasteiger partial charge in [-0.3, -0.25) is 0 Å². The van der Waals surface area contributed by atoms with Gasteiger partial charge in [-0.25, -0.2) is 9.78 Å². The van der Waals surface area contributed by atoms with Crippen LogP contribution in [0.4, 0.5) is 10.8 Å². The molecule has 0 atom stereocenters. The van der Waals surface area contributed by atoms with Gasteiger partial charge < -0.3 is 10.1 Å². The summed E-state index contributed by atoms with van der Waals surface area (Å²) in [6.45, 7) is 7.65. The number of carbonyl (C=O) groups excluding carboxylic acids is 1. The van der Waals surface area contributed by atoms with E-state index in [0.717, 1.165) is 20.3 Å². The molecule has 3 aromatic rings. The van der Waals surface area contributed by atoms with E-state index in [4.69, 9.17) is 4.74 Å². The Kier molecular flexibility index (Phi) is 4.12. The minimum atomic E-state index is -0.487. The number of para-hydroxylation sites is 1. The van der Waals surface area contributed by atoms with Crippen LogP contribution in [0.3, 0.4) is 0 Å².